The van der Waals surface area contributed by atoms with Crippen LogP contribution >= 0.6 is 0 Å². The van der Waals surface area contributed by atoms with Gasteiger partial charge in [0.1, 0.15) is 5.69 Å². The predicted octanol–water partition coefficient (Wildman–Crippen LogP) is 5.51. The molecule has 1 unspecified atom stereocenters. The van der Waals surface area contributed by atoms with Crippen LogP contribution in [0.4, 0.5) is 11.4 Å². The Morgan fingerprint density at radius 3 is 2.43 bits per heavy atom. The van der Waals surface area contributed by atoms with Crippen LogP contribution in [-0.2, 0) is 4.79 Å². The zero-order chi connectivity index (χ0) is 20.9. The van der Waals surface area contributed by atoms with Crippen molar-refractivity contribution >= 4 is 17.3 Å². The average molecular weight is 403 g/mol. The number of benzene rings is 2. The molecule has 5 heteroatoms. The first kappa shape index (κ1) is 20.2. The third-order valence-corrected chi connectivity index (χ3v) is 5.98. The fourth-order valence-electron chi connectivity index (χ4n) is 4.24. The normalized spacial score (nSPS) is 15.1. The van der Waals surface area contributed by atoms with Gasteiger partial charge in [0.05, 0.1) is 17.3 Å². The van der Waals surface area contributed by atoms with E-state index in [-0.39, 0.29) is 11.8 Å². The van der Waals surface area contributed by atoms with Gasteiger partial charge in [-0.25, -0.2) is 0 Å². The summed E-state index contributed by atoms with van der Waals surface area (Å²) in [6.45, 7) is 6.23. The number of piperidine rings is 1. The van der Waals surface area contributed by atoms with E-state index in [9.17, 15) is 4.79 Å². The molecule has 0 aliphatic carbocycles. The molecule has 1 amide bonds. The monoisotopic (exact) mass is 402 g/mol. The van der Waals surface area contributed by atoms with Crippen LogP contribution in [0.3, 0.4) is 0 Å². The maximum Gasteiger partial charge on any atom is 0.232 e. The minimum Gasteiger partial charge on any atom is -0.372 e. The average Bonchev–Trinajstić information content (AvgIpc) is 3.16. The van der Waals surface area contributed by atoms with E-state index in [4.69, 9.17) is 0 Å². The molecule has 1 aliphatic heterocycles. The molecule has 2 heterocycles. The molecule has 0 radical (unpaired) electrons. The van der Waals surface area contributed by atoms with Crippen LogP contribution in [-0.4, -0.2) is 29.2 Å². The number of hydrogen-bond acceptors (Lipinski definition) is 3. The van der Waals surface area contributed by atoms with Crippen LogP contribution in [0.2, 0.25) is 0 Å². The Bertz CT molecular complexity index is 972. The van der Waals surface area contributed by atoms with Crippen LogP contribution in [0, 0.1) is 6.92 Å². The van der Waals surface area contributed by atoms with Crippen molar-refractivity contribution in [3.8, 4) is 11.3 Å². The van der Waals surface area contributed by atoms with E-state index < -0.39 is 0 Å². The zero-order valence-electron chi connectivity index (χ0n) is 17.8. The molecular formula is C25H30N4O. The molecule has 1 saturated heterocycles. The molecule has 3 aromatic rings. The smallest absolute Gasteiger partial charge is 0.232 e. The van der Waals surface area contributed by atoms with Crippen LogP contribution in [0.5, 0.6) is 0 Å². The van der Waals surface area contributed by atoms with Gasteiger partial charge >= 0.3 is 0 Å². The lowest BCUT2D eigenvalue weighted by Crippen LogP contribution is -2.29. The molecule has 1 aromatic heterocycles. The summed E-state index contributed by atoms with van der Waals surface area (Å²) in [4.78, 5) is 15.5. The number of carbonyl (C=O) groups excluding carboxylic acids is 1. The molecule has 156 valence electrons. The van der Waals surface area contributed by atoms with Crippen molar-refractivity contribution in [1.82, 2.24) is 10.2 Å². The van der Waals surface area contributed by atoms with Crippen molar-refractivity contribution < 1.29 is 4.79 Å². The lowest BCUT2D eigenvalue weighted by molar-refractivity contribution is -0.117. The van der Waals surface area contributed by atoms with Gasteiger partial charge in [-0.3, -0.25) is 9.89 Å². The molecule has 0 saturated carbocycles. The summed E-state index contributed by atoms with van der Waals surface area (Å²) >= 11 is 0. The lowest BCUT2D eigenvalue weighted by Gasteiger charge is -2.28. The van der Waals surface area contributed by atoms with E-state index in [2.05, 4.69) is 44.7 Å². The summed E-state index contributed by atoms with van der Waals surface area (Å²) in [5, 5.41) is 10.7. The highest BCUT2D eigenvalue weighted by Gasteiger charge is 2.22. The quantitative estimate of drug-likeness (QED) is 0.572. The summed E-state index contributed by atoms with van der Waals surface area (Å²) in [6.07, 6.45) is 4.59. The largest absolute Gasteiger partial charge is 0.372 e. The van der Waals surface area contributed by atoms with E-state index in [1.165, 1.54) is 24.9 Å². The summed E-state index contributed by atoms with van der Waals surface area (Å²) in [7, 11) is 0. The second-order valence-electron chi connectivity index (χ2n) is 8.03. The minimum atomic E-state index is -0.185. The molecule has 0 bridgehead atoms. The van der Waals surface area contributed by atoms with E-state index >= 15 is 0 Å². The van der Waals surface area contributed by atoms with E-state index in [0.29, 0.717) is 0 Å². The number of aromatic nitrogens is 2. The molecule has 2 aromatic carbocycles. The summed E-state index contributed by atoms with van der Waals surface area (Å²) in [6, 6.07) is 18.5. The number of anilines is 2. The third-order valence-electron chi connectivity index (χ3n) is 5.98. The van der Waals surface area contributed by atoms with Gasteiger partial charge in [-0.15, -0.1) is 0 Å². The highest BCUT2D eigenvalue weighted by atomic mass is 16.1. The highest BCUT2D eigenvalue weighted by molar-refractivity contribution is 5.99. The molecule has 1 aliphatic rings. The number of aryl methyl sites for hydroxylation is 1. The van der Waals surface area contributed by atoms with Gasteiger partial charge in [-0.2, -0.15) is 5.10 Å². The van der Waals surface area contributed by atoms with Gasteiger partial charge < -0.3 is 10.2 Å². The molecule has 0 spiro atoms. The predicted molar refractivity (Wildman–Crippen MR) is 123 cm³/mol. The number of hydrogen-bond donors (Lipinski definition) is 2. The number of H-pyrrole nitrogens is 1. The van der Waals surface area contributed by atoms with Gasteiger partial charge in [0.2, 0.25) is 5.91 Å². The number of rotatable bonds is 6. The Morgan fingerprint density at radius 1 is 1.07 bits per heavy atom. The van der Waals surface area contributed by atoms with Crippen molar-refractivity contribution in [2.75, 3.05) is 23.3 Å². The Labute approximate surface area is 178 Å². The minimum absolute atomic E-state index is 0.000568. The number of nitrogens with zero attached hydrogens (tertiary/aromatic N) is 2. The third kappa shape index (κ3) is 4.25. The van der Waals surface area contributed by atoms with Gasteiger partial charge in [-0.1, -0.05) is 49.4 Å². The first-order valence-electron chi connectivity index (χ1n) is 10.9. The topological polar surface area (TPSA) is 61.0 Å². The Kier molecular flexibility index (Phi) is 6.17. The first-order chi connectivity index (χ1) is 14.7. The van der Waals surface area contributed by atoms with Crippen molar-refractivity contribution in [2.24, 2.45) is 0 Å². The Hall–Kier alpha value is -3.08. The first-order valence-corrected chi connectivity index (χ1v) is 10.9. The number of aromatic amines is 1. The van der Waals surface area contributed by atoms with Gasteiger partial charge in [-0.05, 0) is 50.3 Å². The molecule has 2 N–H and O–H groups in total. The van der Waals surface area contributed by atoms with Gasteiger partial charge in [0, 0.05) is 24.3 Å². The molecule has 5 nitrogen and oxygen atoms in total. The van der Waals surface area contributed by atoms with Crippen molar-refractivity contribution in [3.05, 3.63) is 65.9 Å². The fraction of sp³-hybridized carbons (Fsp3) is 0.360. The van der Waals surface area contributed by atoms with Crippen LogP contribution < -0.4 is 10.2 Å². The van der Waals surface area contributed by atoms with Crippen molar-refractivity contribution in [3.63, 3.8) is 0 Å². The van der Waals surface area contributed by atoms with Crippen LogP contribution in [0.15, 0.2) is 54.6 Å². The maximum absolute atomic E-state index is 13.1. The standard InChI is InChI=1S/C25H30N4O/c1-3-22(19-10-6-4-7-11-19)25(30)26-23-18(2)27-28-24(23)20-12-14-21(15-13-20)29-16-8-5-9-17-29/h4,6-7,10-15,22H,3,5,8-9,16-17H2,1-2H3,(H,26,30)(H,27,28). The molecule has 4 rings (SSSR count). The summed E-state index contributed by atoms with van der Waals surface area (Å²) in [5.41, 5.74) is 5.70. The van der Waals surface area contributed by atoms with Crippen molar-refractivity contribution in [1.29, 1.82) is 0 Å². The number of carbonyl (C=O) groups is 1. The van der Waals surface area contributed by atoms with E-state index in [0.717, 1.165) is 47.7 Å². The fourth-order valence-corrected chi connectivity index (χ4v) is 4.24. The van der Waals surface area contributed by atoms with Gasteiger partial charge in [0.25, 0.3) is 0 Å². The molecule has 30 heavy (non-hydrogen) atoms. The number of amides is 1. The second kappa shape index (κ2) is 9.16. The lowest BCUT2D eigenvalue weighted by atomic mass is 9.95. The molecule has 1 fully saturated rings. The van der Waals surface area contributed by atoms with E-state index in [1.54, 1.807) is 0 Å². The second-order valence-corrected chi connectivity index (χ2v) is 8.03. The maximum atomic E-state index is 13.1. The highest BCUT2D eigenvalue weighted by Crippen LogP contribution is 2.32. The van der Waals surface area contributed by atoms with Crippen molar-refractivity contribution in [2.45, 2.75) is 45.4 Å². The summed E-state index contributed by atoms with van der Waals surface area (Å²) in [5.74, 6) is -0.186. The summed E-state index contributed by atoms with van der Waals surface area (Å²) < 4.78 is 0. The van der Waals surface area contributed by atoms with E-state index in [1.807, 2.05) is 44.2 Å². The van der Waals surface area contributed by atoms with Gasteiger partial charge in [0.15, 0.2) is 0 Å². The Balaban J connectivity index is 1.55. The Morgan fingerprint density at radius 2 is 1.77 bits per heavy atom. The number of nitrogens with one attached hydrogen (secondary N) is 2. The van der Waals surface area contributed by atoms with Crippen LogP contribution in [0.25, 0.3) is 11.3 Å². The molecular weight excluding hydrogens is 372 g/mol. The SMILES string of the molecule is CCC(C(=O)Nc1c(-c2ccc(N3CCCCC3)cc2)n[nH]c1C)c1ccccc1. The van der Waals surface area contributed by atoms with Crippen LogP contribution in [0.1, 0.15) is 49.8 Å². The molecule has 1 atom stereocenters. The zero-order valence-corrected chi connectivity index (χ0v) is 17.8.